The van der Waals surface area contributed by atoms with E-state index < -0.39 is 10.0 Å². The maximum atomic E-state index is 12.8. The summed E-state index contributed by atoms with van der Waals surface area (Å²) in [5.74, 6) is 0. The number of sulfonamides is 1. The Bertz CT molecular complexity index is 697. The number of nitrogens with zero attached hydrogens (tertiary/aromatic N) is 1. The fraction of sp³-hybridized carbons (Fsp3) is 0.200. The maximum absolute atomic E-state index is 12.8. The van der Waals surface area contributed by atoms with Gasteiger partial charge < -0.3 is 5.73 Å². The van der Waals surface area contributed by atoms with Crippen LogP contribution in [0.2, 0.25) is 0 Å². The number of rotatable bonds is 4. The molecule has 0 saturated carbocycles. The normalized spacial score (nSPS) is 11.3. The van der Waals surface area contributed by atoms with Crippen LogP contribution in [-0.2, 0) is 10.0 Å². The molecule has 20 heavy (non-hydrogen) atoms. The molecule has 0 atom stereocenters. The summed E-state index contributed by atoms with van der Waals surface area (Å²) >= 11 is 0. The summed E-state index contributed by atoms with van der Waals surface area (Å²) < 4.78 is 26.9. The second-order valence-corrected chi connectivity index (χ2v) is 6.38. The van der Waals surface area contributed by atoms with Gasteiger partial charge in [0.25, 0.3) is 10.0 Å². The first kappa shape index (κ1) is 14.4. The zero-order valence-electron chi connectivity index (χ0n) is 11.6. The Morgan fingerprint density at radius 2 is 1.75 bits per heavy atom. The molecule has 106 valence electrons. The van der Waals surface area contributed by atoms with Crippen LogP contribution in [0.5, 0.6) is 0 Å². The van der Waals surface area contributed by atoms with Gasteiger partial charge in [0.2, 0.25) is 0 Å². The summed E-state index contributed by atoms with van der Waals surface area (Å²) in [7, 11) is -3.65. The Morgan fingerprint density at radius 3 is 2.35 bits per heavy atom. The Hall–Kier alpha value is -2.01. The van der Waals surface area contributed by atoms with Gasteiger partial charge in [-0.05, 0) is 43.7 Å². The fourth-order valence-electron chi connectivity index (χ4n) is 2.07. The Labute approximate surface area is 119 Å². The van der Waals surface area contributed by atoms with Crippen LogP contribution in [0.1, 0.15) is 12.5 Å². The predicted octanol–water partition coefficient (Wildman–Crippen LogP) is 2.79. The lowest BCUT2D eigenvalue weighted by Gasteiger charge is -2.23. The van der Waals surface area contributed by atoms with Gasteiger partial charge in [-0.2, -0.15) is 0 Å². The van der Waals surface area contributed by atoms with E-state index in [-0.39, 0.29) is 10.6 Å². The molecule has 0 saturated heterocycles. The number of hydrogen-bond donors (Lipinski definition) is 1. The van der Waals surface area contributed by atoms with E-state index in [0.717, 1.165) is 5.56 Å². The quantitative estimate of drug-likeness (QED) is 0.881. The summed E-state index contributed by atoms with van der Waals surface area (Å²) in [4.78, 5) is 0.156. The van der Waals surface area contributed by atoms with Crippen molar-refractivity contribution in [2.24, 2.45) is 0 Å². The van der Waals surface area contributed by atoms with E-state index in [9.17, 15) is 8.42 Å². The standard InChI is InChI=1S/C15H18N2O2S/c1-3-17(13-7-5-4-6-8-13)20(18,19)15-11-12(2)9-10-14(15)16/h4-11H,3,16H2,1-2H3. The first-order valence-corrected chi connectivity index (χ1v) is 7.84. The summed E-state index contributed by atoms with van der Waals surface area (Å²) in [6.45, 7) is 3.99. The molecule has 0 aromatic heterocycles. The molecule has 0 aliphatic carbocycles. The van der Waals surface area contributed by atoms with Gasteiger partial charge in [0.15, 0.2) is 0 Å². The highest BCUT2D eigenvalue weighted by Gasteiger charge is 2.25. The average Bonchev–Trinajstić information content (AvgIpc) is 2.43. The largest absolute Gasteiger partial charge is 0.398 e. The molecule has 0 bridgehead atoms. The van der Waals surface area contributed by atoms with E-state index in [0.29, 0.717) is 12.2 Å². The number of aryl methyl sites for hydroxylation is 1. The molecule has 0 amide bonds. The number of hydrogen-bond acceptors (Lipinski definition) is 3. The van der Waals surface area contributed by atoms with Crippen LogP contribution in [0.4, 0.5) is 11.4 Å². The van der Waals surface area contributed by atoms with E-state index in [1.165, 1.54) is 4.31 Å². The first-order chi connectivity index (χ1) is 9.46. The minimum atomic E-state index is -3.65. The summed E-state index contributed by atoms with van der Waals surface area (Å²) in [5.41, 5.74) is 7.61. The summed E-state index contributed by atoms with van der Waals surface area (Å²) in [6.07, 6.45) is 0. The van der Waals surface area contributed by atoms with Crippen molar-refractivity contribution < 1.29 is 8.42 Å². The fourth-order valence-corrected chi connectivity index (χ4v) is 3.75. The van der Waals surface area contributed by atoms with Gasteiger partial charge in [0.1, 0.15) is 4.90 Å². The summed E-state index contributed by atoms with van der Waals surface area (Å²) in [5, 5.41) is 0. The minimum absolute atomic E-state index is 0.156. The number of nitrogen functional groups attached to an aromatic ring is 1. The Balaban J connectivity index is 2.56. The van der Waals surface area contributed by atoms with Crippen LogP contribution in [-0.4, -0.2) is 15.0 Å². The molecule has 2 aromatic rings. The highest BCUT2D eigenvalue weighted by Crippen LogP contribution is 2.27. The van der Waals surface area contributed by atoms with Gasteiger partial charge in [0.05, 0.1) is 11.4 Å². The second-order valence-electron chi connectivity index (χ2n) is 4.55. The highest BCUT2D eigenvalue weighted by atomic mass is 32.2. The van der Waals surface area contributed by atoms with Crippen molar-refractivity contribution in [3.05, 3.63) is 54.1 Å². The predicted molar refractivity (Wildman–Crippen MR) is 82.2 cm³/mol. The van der Waals surface area contributed by atoms with Crippen molar-refractivity contribution in [2.45, 2.75) is 18.7 Å². The van der Waals surface area contributed by atoms with E-state index in [2.05, 4.69) is 0 Å². The Morgan fingerprint density at radius 1 is 1.10 bits per heavy atom. The average molecular weight is 290 g/mol. The lowest BCUT2D eigenvalue weighted by molar-refractivity contribution is 0.592. The van der Waals surface area contributed by atoms with Crippen molar-refractivity contribution in [2.75, 3.05) is 16.6 Å². The lowest BCUT2D eigenvalue weighted by atomic mass is 10.2. The number of benzene rings is 2. The Kier molecular flexibility index (Phi) is 3.99. The zero-order chi connectivity index (χ0) is 14.8. The zero-order valence-corrected chi connectivity index (χ0v) is 12.4. The van der Waals surface area contributed by atoms with Crippen molar-refractivity contribution in [1.29, 1.82) is 0 Å². The van der Waals surface area contributed by atoms with Crippen LogP contribution in [0.25, 0.3) is 0 Å². The van der Waals surface area contributed by atoms with Gasteiger partial charge >= 0.3 is 0 Å². The third-order valence-corrected chi connectivity index (χ3v) is 5.03. The van der Waals surface area contributed by atoms with Gasteiger partial charge in [-0.15, -0.1) is 0 Å². The van der Waals surface area contributed by atoms with Crippen molar-refractivity contribution in [1.82, 2.24) is 0 Å². The molecule has 2 aromatic carbocycles. The van der Waals surface area contributed by atoms with E-state index >= 15 is 0 Å². The van der Waals surface area contributed by atoms with E-state index in [1.807, 2.05) is 25.1 Å². The molecule has 2 rings (SSSR count). The van der Waals surface area contributed by atoms with E-state index in [4.69, 9.17) is 5.73 Å². The van der Waals surface area contributed by atoms with Crippen LogP contribution in [0.3, 0.4) is 0 Å². The molecule has 2 N–H and O–H groups in total. The molecular weight excluding hydrogens is 272 g/mol. The first-order valence-electron chi connectivity index (χ1n) is 6.40. The molecule has 0 unspecified atom stereocenters. The van der Waals surface area contributed by atoms with Gasteiger partial charge in [-0.3, -0.25) is 4.31 Å². The maximum Gasteiger partial charge on any atom is 0.266 e. The van der Waals surface area contributed by atoms with Crippen LogP contribution in [0.15, 0.2) is 53.4 Å². The molecule has 0 aliphatic heterocycles. The van der Waals surface area contributed by atoms with Crippen LogP contribution in [0, 0.1) is 6.92 Å². The molecule has 0 spiro atoms. The van der Waals surface area contributed by atoms with Gasteiger partial charge in [0, 0.05) is 6.54 Å². The van der Waals surface area contributed by atoms with Crippen LogP contribution < -0.4 is 10.0 Å². The number of para-hydroxylation sites is 1. The van der Waals surface area contributed by atoms with Crippen molar-refractivity contribution in [3.63, 3.8) is 0 Å². The SMILES string of the molecule is CCN(c1ccccc1)S(=O)(=O)c1cc(C)ccc1N. The van der Waals surface area contributed by atoms with Crippen LogP contribution >= 0.6 is 0 Å². The smallest absolute Gasteiger partial charge is 0.266 e. The molecule has 0 fully saturated rings. The molecular formula is C15H18N2O2S. The lowest BCUT2D eigenvalue weighted by Crippen LogP contribution is -2.31. The molecule has 4 nitrogen and oxygen atoms in total. The monoisotopic (exact) mass is 290 g/mol. The third-order valence-electron chi connectivity index (χ3n) is 3.07. The van der Waals surface area contributed by atoms with Gasteiger partial charge in [-0.1, -0.05) is 24.3 Å². The summed E-state index contributed by atoms with van der Waals surface area (Å²) in [6, 6.07) is 14.1. The molecule has 0 aliphatic rings. The topological polar surface area (TPSA) is 63.4 Å². The molecule has 5 heteroatoms. The van der Waals surface area contributed by atoms with E-state index in [1.54, 1.807) is 37.3 Å². The number of nitrogens with two attached hydrogens (primary N) is 1. The second kappa shape index (κ2) is 5.54. The van der Waals surface area contributed by atoms with Crippen molar-refractivity contribution >= 4 is 21.4 Å². The third kappa shape index (κ3) is 2.63. The van der Waals surface area contributed by atoms with Gasteiger partial charge in [-0.25, -0.2) is 8.42 Å². The van der Waals surface area contributed by atoms with Crippen molar-refractivity contribution in [3.8, 4) is 0 Å². The number of anilines is 2. The highest BCUT2D eigenvalue weighted by molar-refractivity contribution is 7.93. The minimum Gasteiger partial charge on any atom is -0.398 e. The molecule has 0 radical (unpaired) electrons. The molecule has 0 heterocycles.